The number of rotatable bonds is 4. The number of amides is 1. The molecule has 19 heavy (non-hydrogen) atoms. The molecule has 1 aromatic carbocycles. The number of aliphatic hydroxyl groups is 1. The summed E-state index contributed by atoms with van der Waals surface area (Å²) in [6.07, 6.45) is 0.140. The second kappa shape index (κ2) is 5.21. The van der Waals surface area contributed by atoms with Crippen molar-refractivity contribution in [3.05, 3.63) is 23.8 Å². The Kier molecular flexibility index (Phi) is 3.80. The maximum Gasteiger partial charge on any atom is 0.260 e. The van der Waals surface area contributed by atoms with E-state index < -0.39 is 6.10 Å². The summed E-state index contributed by atoms with van der Waals surface area (Å²) in [6, 6.07) is 5.80. The summed E-state index contributed by atoms with van der Waals surface area (Å²) in [6.45, 7) is 5.39. The molecule has 0 fully saturated rings. The van der Waals surface area contributed by atoms with Crippen LogP contribution in [-0.4, -0.2) is 31.7 Å². The monoisotopic (exact) mass is 262 g/mol. The number of hydrogen-bond acceptors (Lipinski definition) is 3. The molecule has 1 heterocycles. The van der Waals surface area contributed by atoms with Crippen molar-refractivity contribution in [2.24, 2.45) is 5.92 Å². The summed E-state index contributed by atoms with van der Waals surface area (Å²) in [4.78, 5) is 15.4. The number of carbonyl (C=O) groups excluding carboxylic acids is 1. The first kappa shape index (κ1) is 13.9. The van der Waals surface area contributed by atoms with Gasteiger partial charge < -0.3 is 14.9 Å². The van der Waals surface area contributed by atoms with Crippen molar-refractivity contribution in [1.29, 1.82) is 0 Å². The number of hydrogen-bond donors (Lipinski definition) is 1. The molecule has 0 aromatic heterocycles. The van der Waals surface area contributed by atoms with Crippen LogP contribution in [0.2, 0.25) is 0 Å². The molecule has 0 spiro atoms. The van der Waals surface area contributed by atoms with Crippen LogP contribution >= 0.6 is 0 Å². The predicted molar refractivity (Wildman–Crippen MR) is 77.5 cm³/mol. The second-order valence-corrected chi connectivity index (χ2v) is 5.44. The zero-order valence-corrected chi connectivity index (χ0v) is 12.1. The van der Waals surface area contributed by atoms with E-state index in [1.165, 1.54) is 4.90 Å². The van der Waals surface area contributed by atoms with Crippen molar-refractivity contribution in [3.63, 3.8) is 0 Å². The number of carbonyl (C=O) groups is 1. The van der Waals surface area contributed by atoms with E-state index in [-0.39, 0.29) is 5.91 Å². The van der Waals surface area contributed by atoms with Crippen LogP contribution < -0.4 is 9.80 Å². The third kappa shape index (κ3) is 2.45. The lowest BCUT2D eigenvalue weighted by molar-refractivity contribution is -0.125. The number of benzene rings is 1. The summed E-state index contributed by atoms with van der Waals surface area (Å²) in [7, 11) is 3.76. The highest BCUT2D eigenvalue weighted by atomic mass is 16.3. The number of anilines is 2. The predicted octanol–water partition coefficient (Wildman–Crippen LogP) is 2.18. The van der Waals surface area contributed by atoms with Crippen molar-refractivity contribution in [1.82, 2.24) is 0 Å². The molecule has 0 aliphatic carbocycles. The maximum absolute atomic E-state index is 11.7. The molecular weight excluding hydrogens is 240 g/mol. The van der Waals surface area contributed by atoms with Crippen molar-refractivity contribution in [2.45, 2.75) is 26.4 Å². The van der Waals surface area contributed by atoms with Gasteiger partial charge in [0.15, 0.2) is 6.10 Å². The number of aliphatic hydroxyl groups excluding tert-OH is 1. The van der Waals surface area contributed by atoms with Gasteiger partial charge in [0.25, 0.3) is 5.91 Å². The highest BCUT2D eigenvalue weighted by molar-refractivity contribution is 6.03. The molecule has 104 valence electrons. The van der Waals surface area contributed by atoms with E-state index in [9.17, 15) is 9.90 Å². The van der Waals surface area contributed by atoms with Crippen molar-refractivity contribution < 1.29 is 9.90 Å². The Labute approximate surface area is 114 Å². The Bertz CT molecular complexity index is 487. The third-order valence-corrected chi connectivity index (χ3v) is 3.96. The van der Waals surface area contributed by atoms with Crippen molar-refractivity contribution >= 4 is 17.3 Å². The molecule has 1 amide bonds. The molecule has 4 heteroatoms. The Morgan fingerprint density at radius 1 is 1.47 bits per heavy atom. The summed E-state index contributed by atoms with van der Waals surface area (Å²) in [5, 5.41) is 9.83. The Morgan fingerprint density at radius 3 is 2.79 bits per heavy atom. The minimum absolute atomic E-state index is 0.253. The summed E-state index contributed by atoms with van der Waals surface area (Å²) < 4.78 is 0. The molecule has 1 aromatic rings. The van der Waals surface area contributed by atoms with Crippen molar-refractivity contribution in [2.75, 3.05) is 30.4 Å². The van der Waals surface area contributed by atoms with Crippen LogP contribution in [0, 0.1) is 5.92 Å². The van der Waals surface area contributed by atoms with Gasteiger partial charge in [-0.1, -0.05) is 26.3 Å². The van der Waals surface area contributed by atoms with Crippen LogP contribution in [0.4, 0.5) is 11.4 Å². The smallest absolute Gasteiger partial charge is 0.260 e. The topological polar surface area (TPSA) is 43.8 Å². The van der Waals surface area contributed by atoms with Gasteiger partial charge in [0.2, 0.25) is 0 Å². The number of nitrogens with zero attached hydrogens (tertiary/aromatic N) is 2. The van der Waals surface area contributed by atoms with E-state index in [1.54, 1.807) is 7.05 Å². The van der Waals surface area contributed by atoms with Crippen LogP contribution in [0.5, 0.6) is 0 Å². The largest absolute Gasteiger partial charge is 0.378 e. The van der Waals surface area contributed by atoms with Crippen LogP contribution in [0.25, 0.3) is 0 Å². The number of fused-ring (bicyclic) bond motifs is 1. The third-order valence-electron chi connectivity index (χ3n) is 3.96. The summed E-state index contributed by atoms with van der Waals surface area (Å²) in [5.74, 6) is 0.375. The van der Waals surface area contributed by atoms with Crippen LogP contribution in [0.1, 0.15) is 31.9 Å². The quantitative estimate of drug-likeness (QED) is 0.904. The van der Waals surface area contributed by atoms with Gasteiger partial charge in [-0.15, -0.1) is 0 Å². The van der Waals surface area contributed by atoms with Gasteiger partial charge in [0.05, 0.1) is 5.69 Å². The Morgan fingerprint density at radius 2 is 2.16 bits per heavy atom. The Hall–Kier alpha value is -1.55. The second-order valence-electron chi connectivity index (χ2n) is 5.44. The first-order valence-electron chi connectivity index (χ1n) is 6.76. The summed E-state index contributed by atoms with van der Waals surface area (Å²) in [5.41, 5.74) is 2.59. The molecule has 4 nitrogen and oxygen atoms in total. The van der Waals surface area contributed by atoms with Gasteiger partial charge in [0, 0.05) is 31.9 Å². The zero-order chi connectivity index (χ0) is 14.2. The molecule has 2 rings (SSSR count). The molecule has 0 saturated heterocycles. The minimum atomic E-state index is -1.01. The van der Waals surface area contributed by atoms with Crippen LogP contribution in [-0.2, 0) is 4.79 Å². The normalized spacial score (nSPS) is 19.5. The van der Waals surface area contributed by atoms with Crippen molar-refractivity contribution in [3.8, 4) is 0 Å². The van der Waals surface area contributed by atoms with Crippen LogP contribution in [0.15, 0.2) is 18.2 Å². The SMILES string of the molecule is CCC(C)CN(C)c1ccc2c(c1)N(C)C(=O)C2O. The van der Waals surface area contributed by atoms with E-state index >= 15 is 0 Å². The highest BCUT2D eigenvalue weighted by Crippen LogP contribution is 2.37. The van der Waals surface area contributed by atoms with Gasteiger partial charge in [-0.3, -0.25) is 4.79 Å². The average molecular weight is 262 g/mol. The van der Waals surface area contributed by atoms with E-state index in [0.29, 0.717) is 11.5 Å². The molecular formula is C15H22N2O2. The van der Waals surface area contributed by atoms with Crippen LogP contribution in [0.3, 0.4) is 0 Å². The maximum atomic E-state index is 11.7. The van der Waals surface area contributed by atoms with Gasteiger partial charge in [0.1, 0.15) is 0 Å². The first-order chi connectivity index (χ1) is 8.95. The van der Waals surface area contributed by atoms with Gasteiger partial charge in [-0.25, -0.2) is 0 Å². The van der Waals surface area contributed by atoms with Gasteiger partial charge in [-0.2, -0.15) is 0 Å². The molecule has 0 radical (unpaired) electrons. The zero-order valence-electron chi connectivity index (χ0n) is 12.1. The Balaban J connectivity index is 2.25. The highest BCUT2D eigenvalue weighted by Gasteiger charge is 2.33. The molecule has 1 N–H and O–H groups in total. The lowest BCUT2D eigenvalue weighted by Gasteiger charge is -2.24. The molecule has 1 aliphatic heterocycles. The van der Waals surface area contributed by atoms with E-state index in [0.717, 1.165) is 24.3 Å². The summed E-state index contributed by atoms with van der Waals surface area (Å²) >= 11 is 0. The average Bonchev–Trinajstić information content (AvgIpc) is 2.63. The minimum Gasteiger partial charge on any atom is -0.378 e. The van der Waals surface area contributed by atoms with E-state index in [4.69, 9.17) is 0 Å². The standard InChI is InChI=1S/C15H22N2O2/c1-5-10(2)9-16(3)11-6-7-12-13(8-11)17(4)15(19)14(12)18/h6-8,10,14,18H,5,9H2,1-4H3. The molecule has 2 atom stereocenters. The molecule has 0 bridgehead atoms. The fraction of sp³-hybridized carbons (Fsp3) is 0.533. The molecule has 1 aliphatic rings. The van der Waals surface area contributed by atoms with Gasteiger partial charge >= 0.3 is 0 Å². The fourth-order valence-electron chi connectivity index (χ4n) is 2.43. The van der Waals surface area contributed by atoms with E-state index in [2.05, 4.69) is 25.8 Å². The molecule has 2 unspecified atom stereocenters. The fourth-order valence-corrected chi connectivity index (χ4v) is 2.43. The number of likely N-dealkylation sites (N-methyl/N-ethyl adjacent to an activating group) is 1. The molecule has 0 saturated carbocycles. The first-order valence-corrected chi connectivity index (χ1v) is 6.76. The lowest BCUT2D eigenvalue weighted by atomic mass is 10.1. The van der Waals surface area contributed by atoms with Gasteiger partial charge in [-0.05, 0) is 18.1 Å². The van der Waals surface area contributed by atoms with E-state index in [1.807, 2.05) is 18.2 Å². The lowest BCUT2D eigenvalue weighted by Crippen LogP contribution is -2.25.